The standard InChI is InChI=1S/C16H21N3O/c1-10(11(2)17)16-18-15(19-20-16)14-8-7-12-5-3-4-6-13(12)9-14/h3-6,10-11,14H,7-9,17H2,1-2H3. The first kappa shape index (κ1) is 13.3. The molecule has 3 atom stereocenters. The Morgan fingerprint density at radius 1 is 1.25 bits per heavy atom. The average molecular weight is 271 g/mol. The van der Waals surface area contributed by atoms with Crippen molar-refractivity contribution in [3.05, 3.63) is 47.1 Å². The van der Waals surface area contributed by atoms with Gasteiger partial charge in [-0.15, -0.1) is 0 Å². The van der Waals surface area contributed by atoms with E-state index in [0.717, 1.165) is 25.1 Å². The number of rotatable bonds is 3. The highest BCUT2D eigenvalue weighted by Gasteiger charge is 2.25. The lowest BCUT2D eigenvalue weighted by Crippen LogP contribution is -2.22. The van der Waals surface area contributed by atoms with E-state index < -0.39 is 0 Å². The number of aryl methyl sites for hydroxylation is 1. The van der Waals surface area contributed by atoms with Crippen LogP contribution >= 0.6 is 0 Å². The normalized spacial score (nSPS) is 21.2. The average Bonchev–Trinajstić information content (AvgIpc) is 2.95. The smallest absolute Gasteiger partial charge is 0.231 e. The predicted octanol–water partition coefficient (Wildman–Crippen LogP) is 2.79. The van der Waals surface area contributed by atoms with Crippen LogP contribution in [-0.2, 0) is 12.8 Å². The molecule has 106 valence electrons. The molecule has 3 unspecified atom stereocenters. The van der Waals surface area contributed by atoms with Gasteiger partial charge in [-0.1, -0.05) is 36.3 Å². The fourth-order valence-corrected chi connectivity index (χ4v) is 2.74. The highest BCUT2D eigenvalue weighted by Crippen LogP contribution is 2.31. The van der Waals surface area contributed by atoms with Gasteiger partial charge in [0.2, 0.25) is 5.89 Å². The van der Waals surface area contributed by atoms with Crippen LogP contribution in [0.25, 0.3) is 0 Å². The Hall–Kier alpha value is -1.68. The summed E-state index contributed by atoms with van der Waals surface area (Å²) in [5.41, 5.74) is 8.76. The van der Waals surface area contributed by atoms with E-state index in [4.69, 9.17) is 10.3 Å². The molecule has 1 heterocycles. The fraction of sp³-hybridized carbons (Fsp3) is 0.500. The summed E-state index contributed by atoms with van der Waals surface area (Å²) in [5.74, 6) is 1.96. The van der Waals surface area contributed by atoms with Crippen molar-refractivity contribution in [2.24, 2.45) is 5.73 Å². The summed E-state index contributed by atoms with van der Waals surface area (Å²) < 4.78 is 5.39. The first-order valence-corrected chi connectivity index (χ1v) is 7.31. The Morgan fingerprint density at radius 3 is 2.75 bits per heavy atom. The minimum Gasteiger partial charge on any atom is -0.339 e. The van der Waals surface area contributed by atoms with Crippen LogP contribution < -0.4 is 5.73 Å². The quantitative estimate of drug-likeness (QED) is 0.932. The maximum absolute atomic E-state index is 5.89. The molecule has 4 nitrogen and oxygen atoms in total. The van der Waals surface area contributed by atoms with Crippen molar-refractivity contribution in [1.29, 1.82) is 0 Å². The Balaban J connectivity index is 1.78. The molecule has 0 bridgehead atoms. The van der Waals surface area contributed by atoms with Crippen molar-refractivity contribution in [1.82, 2.24) is 10.1 Å². The van der Waals surface area contributed by atoms with Gasteiger partial charge in [0, 0.05) is 12.0 Å². The molecule has 0 aliphatic heterocycles. The van der Waals surface area contributed by atoms with E-state index in [1.165, 1.54) is 11.1 Å². The van der Waals surface area contributed by atoms with Crippen LogP contribution in [0.2, 0.25) is 0 Å². The van der Waals surface area contributed by atoms with E-state index in [0.29, 0.717) is 11.8 Å². The predicted molar refractivity (Wildman–Crippen MR) is 77.6 cm³/mol. The van der Waals surface area contributed by atoms with Crippen LogP contribution in [0.3, 0.4) is 0 Å². The lowest BCUT2D eigenvalue weighted by atomic mass is 9.83. The van der Waals surface area contributed by atoms with Crippen molar-refractivity contribution in [3.63, 3.8) is 0 Å². The lowest BCUT2D eigenvalue weighted by molar-refractivity contribution is 0.339. The SMILES string of the molecule is CC(N)C(C)c1nc(C2CCc3ccccc3C2)no1. The molecule has 0 fully saturated rings. The molecule has 1 aliphatic rings. The maximum Gasteiger partial charge on any atom is 0.231 e. The zero-order valence-electron chi connectivity index (χ0n) is 12.0. The third-order valence-corrected chi connectivity index (χ3v) is 4.35. The molecule has 0 radical (unpaired) electrons. The molecule has 0 saturated heterocycles. The van der Waals surface area contributed by atoms with Crippen LogP contribution in [-0.4, -0.2) is 16.2 Å². The van der Waals surface area contributed by atoms with Gasteiger partial charge in [0.1, 0.15) is 0 Å². The molecule has 0 saturated carbocycles. The molecule has 4 heteroatoms. The van der Waals surface area contributed by atoms with E-state index in [-0.39, 0.29) is 12.0 Å². The molecule has 0 spiro atoms. The largest absolute Gasteiger partial charge is 0.339 e. The Kier molecular flexibility index (Phi) is 3.57. The first-order chi connectivity index (χ1) is 9.65. The number of hydrogen-bond donors (Lipinski definition) is 1. The first-order valence-electron chi connectivity index (χ1n) is 7.31. The van der Waals surface area contributed by atoms with E-state index in [1.807, 2.05) is 13.8 Å². The minimum atomic E-state index is 0.0235. The van der Waals surface area contributed by atoms with Gasteiger partial charge in [-0.05, 0) is 37.3 Å². The topological polar surface area (TPSA) is 64.9 Å². The summed E-state index contributed by atoms with van der Waals surface area (Å²) in [4.78, 5) is 4.57. The molecular formula is C16H21N3O. The molecule has 3 rings (SSSR count). The number of fused-ring (bicyclic) bond motifs is 1. The molecule has 0 amide bonds. The monoisotopic (exact) mass is 271 g/mol. The van der Waals surface area contributed by atoms with E-state index in [1.54, 1.807) is 0 Å². The zero-order valence-corrected chi connectivity index (χ0v) is 12.0. The van der Waals surface area contributed by atoms with Gasteiger partial charge < -0.3 is 10.3 Å². The van der Waals surface area contributed by atoms with E-state index in [9.17, 15) is 0 Å². The summed E-state index contributed by atoms with van der Waals surface area (Å²) in [6.07, 6.45) is 3.18. The van der Waals surface area contributed by atoms with Crippen molar-refractivity contribution in [3.8, 4) is 0 Å². The van der Waals surface area contributed by atoms with Gasteiger partial charge in [-0.3, -0.25) is 0 Å². The van der Waals surface area contributed by atoms with Crippen LogP contribution in [0.15, 0.2) is 28.8 Å². The van der Waals surface area contributed by atoms with Crippen molar-refractivity contribution >= 4 is 0 Å². The highest BCUT2D eigenvalue weighted by molar-refractivity contribution is 5.31. The lowest BCUT2D eigenvalue weighted by Gasteiger charge is -2.21. The third-order valence-electron chi connectivity index (χ3n) is 4.35. The van der Waals surface area contributed by atoms with Gasteiger partial charge in [-0.25, -0.2) is 0 Å². The summed E-state index contributed by atoms with van der Waals surface area (Å²) in [6.45, 7) is 3.99. The number of nitrogens with zero attached hydrogens (tertiary/aromatic N) is 2. The van der Waals surface area contributed by atoms with Crippen molar-refractivity contribution in [2.75, 3.05) is 0 Å². The highest BCUT2D eigenvalue weighted by atomic mass is 16.5. The van der Waals surface area contributed by atoms with E-state index >= 15 is 0 Å². The van der Waals surface area contributed by atoms with Gasteiger partial charge in [0.15, 0.2) is 5.82 Å². The van der Waals surface area contributed by atoms with Crippen LogP contribution in [0.1, 0.15) is 54.9 Å². The van der Waals surface area contributed by atoms with E-state index in [2.05, 4.69) is 34.4 Å². The van der Waals surface area contributed by atoms with Gasteiger partial charge >= 0.3 is 0 Å². The van der Waals surface area contributed by atoms with Crippen molar-refractivity contribution < 1.29 is 4.52 Å². The molecule has 1 aliphatic carbocycles. The molecule has 1 aromatic carbocycles. The van der Waals surface area contributed by atoms with Crippen LogP contribution in [0.5, 0.6) is 0 Å². The second-order valence-electron chi connectivity index (χ2n) is 5.85. The van der Waals surface area contributed by atoms with Gasteiger partial charge in [0.25, 0.3) is 0 Å². The molecular weight excluding hydrogens is 250 g/mol. The number of benzene rings is 1. The van der Waals surface area contributed by atoms with Crippen molar-refractivity contribution in [2.45, 2.75) is 51.0 Å². The number of nitrogens with two attached hydrogens (primary N) is 1. The second kappa shape index (κ2) is 5.37. The Bertz CT molecular complexity index is 591. The fourth-order valence-electron chi connectivity index (χ4n) is 2.74. The second-order valence-corrected chi connectivity index (χ2v) is 5.85. The minimum absolute atomic E-state index is 0.0235. The molecule has 20 heavy (non-hydrogen) atoms. The summed E-state index contributed by atoms with van der Waals surface area (Å²) in [5, 5.41) is 4.17. The van der Waals surface area contributed by atoms with Crippen LogP contribution in [0, 0.1) is 0 Å². The number of aromatic nitrogens is 2. The van der Waals surface area contributed by atoms with Gasteiger partial charge in [-0.2, -0.15) is 4.98 Å². The number of hydrogen-bond acceptors (Lipinski definition) is 4. The maximum atomic E-state index is 5.89. The zero-order chi connectivity index (χ0) is 14.1. The van der Waals surface area contributed by atoms with Gasteiger partial charge in [0.05, 0.1) is 5.92 Å². The van der Waals surface area contributed by atoms with Crippen LogP contribution in [0.4, 0.5) is 0 Å². The Labute approximate surface area is 119 Å². The molecule has 2 aromatic rings. The summed E-state index contributed by atoms with van der Waals surface area (Å²) >= 11 is 0. The molecule has 2 N–H and O–H groups in total. The summed E-state index contributed by atoms with van der Waals surface area (Å²) in [6, 6.07) is 8.64. The third kappa shape index (κ3) is 2.48. The Morgan fingerprint density at radius 2 is 2.00 bits per heavy atom. The summed E-state index contributed by atoms with van der Waals surface area (Å²) in [7, 11) is 0. The molecule has 1 aromatic heterocycles.